The third-order valence-electron chi connectivity index (χ3n) is 4.31. The molecule has 0 spiro atoms. The standard InChI is InChI=1S/C14H26N6OS/c1-14(2,20-7-5-11(6-8-20)19(3)4)9-15-12(21)17-13-18-16-10-22-13/h10-11H,5-9H2,1-4H3,(H2,15,17,18,21). The van der Waals surface area contributed by atoms with E-state index in [0.717, 1.165) is 13.1 Å². The van der Waals surface area contributed by atoms with Crippen LogP contribution >= 0.6 is 11.3 Å². The monoisotopic (exact) mass is 326 g/mol. The molecule has 1 aromatic heterocycles. The van der Waals surface area contributed by atoms with E-state index < -0.39 is 0 Å². The lowest BCUT2D eigenvalue weighted by Gasteiger charge is -2.44. The van der Waals surface area contributed by atoms with Crippen molar-refractivity contribution in [2.75, 3.05) is 39.0 Å². The zero-order chi connectivity index (χ0) is 16.2. The van der Waals surface area contributed by atoms with E-state index in [4.69, 9.17) is 0 Å². The highest BCUT2D eigenvalue weighted by Gasteiger charge is 2.31. The molecule has 0 aromatic carbocycles. The Bertz CT molecular complexity index is 468. The molecule has 22 heavy (non-hydrogen) atoms. The average Bonchev–Trinajstić information content (AvgIpc) is 2.98. The maximum absolute atomic E-state index is 11.9. The summed E-state index contributed by atoms with van der Waals surface area (Å²) in [6, 6.07) is 0.439. The van der Waals surface area contributed by atoms with Crippen LogP contribution in [0.3, 0.4) is 0 Å². The maximum atomic E-state index is 11.9. The number of hydrogen-bond donors (Lipinski definition) is 2. The highest BCUT2D eigenvalue weighted by atomic mass is 32.1. The SMILES string of the molecule is CN(C)C1CCN(C(C)(C)CNC(=O)Nc2nncs2)CC1. The molecule has 0 unspecified atom stereocenters. The Kier molecular flexibility index (Phi) is 5.71. The number of nitrogens with zero attached hydrogens (tertiary/aromatic N) is 4. The summed E-state index contributed by atoms with van der Waals surface area (Å²) in [5, 5.41) is 13.6. The highest BCUT2D eigenvalue weighted by molar-refractivity contribution is 7.13. The van der Waals surface area contributed by atoms with Crippen molar-refractivity contribution in [2.45, 2.75) is 38.3 Å². The number of nitrogens with one attached hydrogen (secondary N) is 2. The number of aromatic nitrogens is 2. The van der Waals surface area contributed by atoms with Crippen LogP contribution in [0.5, 0.6) is 0 Å². The van der Waals surface area contributed by atoms with Gasteiger partial charge in [-0.2, -0.15) is 0 Å². The smallest absolute Gasteiger partial charge is 0.321 e. The summed E-state index contributed by atoms with van der Waals surface area (Å²) in [7, 11) is 4.29. The second kappa shape index (κ2) is 7.34. The molecule has 0 saturated carbocycles. The fourth-order valence-corrected chi connectivity index (χ4v) is 3.20. The Hall–Kier alpha value is -1.25. The molecule has 0 radical (unpaired) electrons. The molecule has 7 nitrogen and oxygen atoms in total. The molecule has 1 aliphatic heterocycles. The van der Waals surface area contributed by atoms with E-state index in [1.54, 1.807) is 5.51 Å². The molecule has 1 saturated heterocycles. The molecule has 2 rings (SSSR count). The van der Waals surface area contributed by atoms with Crippen LogP contribution in [0.1, 0.15) is 26.7 Å². The number of piperidine rings is 1. The van der Waals surface area contributed by atoms with E-state index in [-0.39, 0.29) is 11.6 Å². The van der Waals surface area contributed by atoms with Crippen LogP contribution in [-0.2, 0) is 0 Å². The Morgan fingerprint density at radius 3 is 2.68 bits per heavy atom. The van der Waals surface area contributed by atoms with Gasteiger partial charge in [0.15, 0.2) is 0 Å². The quantitative estimate of drug-likeness (QED) is 0.857. The van der Waals surface area contributed by atoms with Crippen LogP contribution in [0.15, 0.2) is 5.51 Å². The number of carbonyl (C=O) groups excluding carboxylic acids is 1. The molecule has 1 fully saturated rings. The second-order valence-corrected chi connectivity index (χ2v) is 7.38. The zero-order valence-electron chi connectivity index (χ0n) is 13.8. The fourth-order valence-electron chi connectivity index (χ4n) is 2.76. The highest BCUT2D eigenvalue weighted by Crippen LogP contribution is 2.22. The number of carbonyl (C=O) groups is 1. The third kappa shape index (κ3) is 4.62. The van der Waals surface area contributed by atoms with E-state index in [1.165, 1.54) is 24.2 Å². The molecule has 0 atom stereocenters. The van der Waals surface area contributed by atoms with Gasteiger partial charge in [0.2, 0.25) is 5.13 Å². The second-order valence-electron chi connectivity index (χ2n) is 6.55. The van der Waals surface area contributed by atoms with Crippen LogP contribution in [0.4, 0.5) is 9.93 Å². The van der Waals surface area contributed by atoms with E-state index in [0.29, 0.717) is 17.7 Å². The summed E-state index contributed by atoms with van der Waals surface area (Å²) in [6.45, 7) is 7.08. The van der Waals surface area contributed by atoms with Crippen LogP contribution in [-0.4, -0.2) is 71.3 Å². The van der Waals surface area contributed by atoms with E-state index in [9.17, 15) is 4.79 Å². The van der Waals surface area contributed by atoms with E-state index >= 15 is 0 Å². The van der Waals surface area contributed by atoms with Gasteiger partial charge in [0, 0.05) is 31.2 Å². The van der Waals surface area contributed by atoms with Gasteiger partial charge in [-0.25, -0.2) is 4.79 Å². The van der Waals surface area contributed by atoms with Crippen LogP contribution in [0.2, 0.25) is 0 Å². The minimum atomic E-state index is -0.229. The minimum Gasteiger partial charge on any atom is -0.336 e. The molecule has 0 aliphatic carbocycles. The molecule has 1 aromatic rings. The molecule has 0 bridgehead atoms. The first-order valence-electron chi connectivity index (χ1n) is 7.61. The van der Waals surface area contributed by atoms with Gasteiger partial charge >= 0.3 is 6.03 Å². The normalized spacial score (nSPS) is 17.7. The van der Waals surface area contributed by atoms with Gasteiger partial charge in [-0.3, -0.25) is 10.2 Å². The van der Waals surface area contributed by atoms with Crippen LogP contribution < -0.4 is 10.6 Å². The molecule has 2 amide bonds. The molecule has 8 heteroatoms. The van der Waals surface area contributed by atoms with E-state index in [2.05, 4.69) is 58.6 Å². The van der Waals surface area contributed by atoms with Gasteiger partial charge < -0.3 is 10.2 Å². The largest absolute Gasteiger partial charge is 0.336 e. The Balaban J connectivity index is 1.77. The Labute approximate surface area is 136 Å². The molecule has 2 N–H and O–H groups in total. The number of urea groups is 1. The van der Waals surface area contributed by atoms with Gasteiger partial charge in [0.1, 0.15) is 5.51 Å². The van der Waals surface area contributed by atoms with Crippen molar-refractivity contribution in [2.24, 2.45) is 0 Å². The fraction of sp³-hybridized carbons (Fsp3) is 0.786. The molecule has 124 valence electrons. The minimum absolute atomic E-state index is 0.0598. The molecule has 1 aliphatic rings. The van der Waals surface area contributed by atoms with Gasteiger partial charge in [0.05, 0.1) is 0 Å². The number of rotatable bonds is 5. The van der Waals surface area contributed by atoms with Gasteiger partial charge in [-0.1, -0.05) is 11.3 Å². The van der Waals surface area contributed by atoms with Gasteiger partial charge in [-0.15, -0.1) is 10.2 Å². The summed E-state index contributed by atoms with van der Waals surface area (Å²) in [4.78, 5) is 16.6. The number of likely N-dealkylation sites (tertiary alicyclic amines) is 1. The summed E-state index contributed by atoms with van der Waals surface area (Å²) in [6.07, 6.45) is 2.35. The zero-order valence-corrected chi connectivity index (χ0v) is 14.6. The van der Waals surface area contributed by atoms with Crippen LogP contribution in [0, 0.1) is 0 Å². The average molecular weight is 326 g/mol. The summed E-state index contributed by atoms with van der Waals surface area (Å²) in [5.74, 6) is 0. The third-order valence-corrected chi connectivity index (χ3v) is 4.92. The van der Waals surface area contributed by atoms with Gasteiger partial charge in [-0.05, 0) is 40.8 Å². The predicted molar refractivity (Wildman–Crippen MR) is 89.3 cm³/mol. The van der Waals surface area contributed by atoms with Crippen molar-refractivity contribution in [3.05, 3.63) is 5.51 Å². The number of hydrogen-bond acceptors (Lipinski definition) is 6. The molecular weight excluding hydrogens is 300 g/mol. The number of amides is 2. The summed E-state index contributed by atoms with van der Waals surface area (Å²) in [5.41, 5.74) is 1.53. The maximum Gasteiger partial charge on any atom is 0.321 e. The van der Waals surface area contributed by atoms with Gasteiger partial charge in [0.25, 0.3) is 0 Å². The van der Waals surface area contributed by atoms with Crippen molar-refractivity contribution in [3.63, 3.8) is 0 Å². The lowest BCUT2D eigenvalue weighted by molar-refractivity contribution is 0.0634. The Morgan fingerprint density at radius 2 is 2.14 bits per heavy atom. The van der Waals surface area contributed by atoms with Crippen molar-refractivity contribution in [1.82, 2.24) is 25.3 Å². The first-order chi connectivity index (χ1) is 10.4. The molecule has 2 heterocycles. The predicted octanol–water partition coefficient (Wildman–Crippen LogP) is 1.46. The first-order valence-corrected chi connectivity index (χ1v) is 8.49. The lowest BCUT2D eigenvalue weighted by atomic mass is 9.96. The lowest BCUT2D eigenvalue weighted by Crippen LogP contribution is -2.56. The van der Waals surface area contributed by atoms with Crippen molar-refractivity contribution < 1.29 is 4.79 Å². The first kappa shape index (κ1) is 17.1. The summed E-state index contributed by atoms with van der Waals surface area (Å²) < 4.78 is 0. The van der Waals surface area contributed by atoms with Crippen molar-refractivity contribution >= 4 is 22.5 Å². The van der Waals surface area contributed by atoms with Crippen molar-refractivity contribution in [1.29, 1.82) is 0 Å². The summed E-state index contributed by atoms with van der Waals surface area (Å²) >= 11 is 1.31. The van der Waals surface area contributed by atoms with Crippen molar-refractivity contribution in [3.8, 4) is 0 Å². The van der Waals surface area contributed by atoms with E-state index in [1.807, 2.05) is 0 Å². The topological polar surface area (TPSA) is 73.4 Å². The van der Waals surface area contributed by atoms with Crippen LogP contribution in [0.25, 0.3) is 0 Å². The molecular formula is C14H26N6OS. The number of anilines is 1. The Morgan fingerprint density at radius 1 is 1.45 bits per heavy atom.